The van der Waals surface area contributed by atoms with E-state index in [1.54, 1.807) is 11.8 Å². The van der Waals surface area contributed by atoms with Crippen molar-refractivity contribution in [3.8, 4) is 0 Å². The topological polar surface area (TPSA) is 59.4 Å². The molecule has 0 saturated carbocycles. The molecule has 0 unspecified atom stereocenters. The summed E-state index contributed by atoms with van der Waals surface area (Å²) in [6.07, 6.45) is 1.73. The number of aromatic nitrogens is 2. The maximum Gasteiger partial charge on any atom is 0.271 e. The van der Waals surface area contributed by atoms with Crippen molar-refractivity contribution >= 4 is 33.4 Å². The van der Waals surface area contributed by atoms with E-state index in [1.165, 1.54) is 16.3 Å². The van der Waals surface area contributed by atoms with Crippen LogP contribution in [0.1, 0.15) is 56.0 Å². The summed E-state index contributed by atoms with van der Waals surface area (Å²) in [5, 5.41) is 6.41. The lowest BCUT2D eigenvalue weighted by Gasteiger charge is -2.36. The Hall–Kier alpha value is -2.31. The van der Waals surface area contributed by atoms with Gasteiger partial charge < -0.3 is 4.74 Å². The van der Waals surface area contributed by atoms with Crippen molar-refractivity contribution in [3.63, 3.8) is 0 Å². The second kappa shape index (κ2) is 6.89. The highest BCUT2D eigenvalue weighted by atomic mass is 32.2. The third-order valence-electron chi connectivity index (χ3n) is 5.89. The molecule has 3 heterocycles. The number of benzene rings is 2. The summed E-state index contributed by atoms with van der Waals surface area (Å²) in [5.74, 6) is 0.784. The first-order valence-electron chi connectivity index (χ1n) is 10.1. The smallest absolute Gasteiger partial charge is 0.271 e. The Labute approximate surface area is 174 Å². The second-order valence-electron chi connectivity index (χ2n) is 8.50. The summed E-state index contributed by atoms with van der Waals surface area (Å²) in [5.41, 5.74) is 1.69. The van der Waals surface area contributed by atoms with E-state index in [9.17, 15) is 4.79 Å². The van der Waals surface area contributed by atoms with Crippen LogP contribution in [0.4, 0.5) is 5.82 Å². The molecular weight excluding hydrogens is 382 g/mol. The Morgan fingerprint density at radius 2 is 2.00 bits per heavy atom. The molecule has 1 fully saturated rings. The fraction of sp³-hybridized carbons (Fsp3) is 0.391. The monoisotopic (exact) mass is 407 g/mol. The third kappa shape index (κ3) is 3.24. The van der Waals surface area contributed by atoms with Crippen LogP contribution in [0.25, 0.3) is 10.8 Å². The molecule has 2 atom stereocenters. The molecule has 1 saturated heterocycles. The normalized spacial score (nSPS) is 23.6. The molecule has 1 N–H and O–H groups in total. The zero-order valence-electron chi connectivity index (χ0n) is 16.9. The molecule has 5 rings (SSSR count). The highest BCUT2D eigenvalue weighted by Gasteiger charge is 2.36. The molecule has 0 spiro atoms. The van der Waals surface area contributed by atoms with Crippen molar-refractivity contribution in [3.05, 3.63) is 63.9 Å². The molecule has 3 aromatic rings. The number of fused-ring (bicyclic) bond motifs is 2. The minimum Gasteiger partial charge on any atom is -0.375 e. The minimum atomic E-state index is -0.200. The average Bonchev–Trinajstić information content (AvgIpc) is 3.02. The fourth-order valence-electron chi connectivity index (χ4n) is 4.59. The van der Waals surface area contributed by atoms with Gasteiger partial charge >= 0.3 is 0 Å². The summed E-state index contributed by atoms with van der Waals surface area (Å²) in [6, 6.07) is 14.9. The van der Waals surface area contributed by atoms with Gasteiger partial charge in [-0.15, -0.1) is 0 Å². The van der Waals surface area contributed by atoms with Gasteiger partial charge in [0, 0.05) is 6.61 Å². The third-order valence-corrected chi connectivity index (χ3v) is 7.05. The largest absolute Gasteiger partial charge is 0.375 e. The van der Waals surface area contributed by atoms with Gasteiger partial charge in [-0.2, -0.15) is 0 Å². The number of aromatic amines is 1. The van der Waals surface area contributed by atoms with Crippen LogP contribution in [0, 0.1) is 0 Å². The highest BCUT2D eigenvalue weighted by molar-refractivity contribution is 8.14. The van der Waals surface area contributed by atoms with E-state index in [0.29, 0.717) is 6.61 Å². The average molecular weight is 408 g/mol. The number of ether oxygens (including phenoxy) is 1. The summed E-state index contributed by atoms with van der Waals surface area (Å²) < 4.78 is 7.89. The molecule has 0 amide bonds. The summed E-state index contributed by atoms with van der Waals surface area (Å²) >= 11 is 1.66. The zero-order chi connectivity index (χ0) is 20.2. The SMILES string of the molecule is CC1=Nc2c(c(=O)[nH]n2[C@@H]2CCOC(C)(C)C2)[C@@H](c2cccc3ccccc23)S1. The zero-order valence-corrected chi connectivity index (χ0v) is 17.8. The maximum absolute atomic E-state index is 13.1. The molecule has 2 aromatic carbocycles. The lowest BCUT2D eigenvalue weighted by Crippen LogP contribution is -2.35. The first-order chi connectivity index (χ1) is 13.9. The molecule has 5 nitrogen and oxygen atoms in total. The second-order valence-corrected chi connectivity index (χ2v) is 9.80. The molecule has 150 valence electrons. The molecule has 0 radical (unpaired) electrons. The maximum atomic E-state index is 13.1. The molecule has 0 bridgehead atoms. The summed E-state index contributed by atoms with van der Waals surface area (Å²) in [4.78, 5) is 17.9. The molecule has 1 aromatic heterocycles. The quantitative estimate of drug-likeness (QED) is 0.623. The number of nitrogens with zero attached hydrogens (tertiary/aromatic N) is 2. The van der Waals surface area contributed by atoms with Crippen molar-refractivity contribution in [1.82, 2.24) is 9.78 Å². The number of hydrogen-bond acceptors (Lipinski definition) is 4. The van der Waals surface area contributed by atoms with Crippen LogP contribution in [-0.2, 0) is 4.74 Å². The first kappa shape index (κ1) is 18.7. The lowest BCUT2D eigenvalue weighted by atomic mass is 9.94. The number of H-pyrrole nitrogens is 1. The molecule has 6 heteroatoms. The Morgan fingerprint density at radius 1 is 1.21 bits per heavy atom. The first-order valence-corrected chi connectivity index (χ1v) is 11.0. The van der Waals surface area contributed by atoms with Crippen molar-refractivity contribution < 1.29 is 4.74 Å². The van der Waals surface area contributed by atoms with E-state index in [4.69, 9.17) is 9.73 Å². The Kier molecular flexibility index (Phi) is 4.44. The Balaban J connectivity index is 1.66. The molecule has 2 aliphatic heterocycles. The molecule has 0 aliphatic carbocycles. The van der Waals surface area contributed by atoms with Crippen LogP contribution in [0.3, 0.4) is 0 Å². The van der Waals surface area contributed by atoms with Crippen LogP contribution >= 0.6 is 11.8 Å². The van der Waals surface area contributed by atoms with Gasteiger partial charge in [0.1, 0.15) is 0 Å². The highest BCUT2D eigenvalue weighted by Crippen LogP contribution is 2.47. The van der Waals surface area contributed by atoms with Gasteiger partial charge in [-0.25, -0.2) is 4.99 Å². The van der Waals surface area contributed by atoms with E-state index in [2.05, 4.69) is 61.4 Å². The van der Waals surface area contributed by atoms with Crippen molar-refractivity contribution in [1.29, 1.82) is 0 Å². The Bertz CT molecular complexity index is 1170. The van der Waals surface area contributed by atoms with Gasteiger partial charge in [0.25, 0.3) is 5.56 Å². The van der Waals surface area contributed by atoms with Crippen LogP contribution in [0.2, 0.25) is 0 Å². The van der Waals surface area contributed by atoms with Crippen molar-refractivity contribution in [2.45, 2.75) is 50.5 Å². The summed E-state index contributed by atoms with van der Waals surface area (Å²) in [6.45, 7) is 6.94. The number of hydrogen-bond donors (Lipinski definition) is 1. The number of aliphatic imine (C=N–C) groups is 1. The molecule has 2 aliphatic rings. The van der Waals surface area contributed by atoms with E-state index in [1.807, 2.05) is 11.6 Å². The van der Waals surface area contributed by atoms with Crippen LogP contribution < -0.4 is 5.56 Å². The Morgan fingerprint density at radius 3 is 2.83 bits per heavy atom. The fourth-order valence-corrected chi connectivity index (χ4v) is 5.73. The lowest BCUT2D eigenvalue weighted by molar-refractivity contribution is -0.0705. The van der Waals surface area contributed by atoms with Crippen LogP contribution in [0.5, 0.6) is 0 Å². The predicted octanol–water partition coefficient (Wildman–Crippen LogP) is 5.35. The van der Waals surface area contributed by atoms with Crippen LogP contribution in [0.15, 0.2) is 52.3 Å². The minimum absolute atomic E-state index is 0.0361. The van der Waals surface area contributed by atoms with Crippen molar-refractivity contribution in [2.75, 3.05) is 6.61 Å². The number of thioether (sulfide) groups is 1. The van der Waals surface area contributed by atoms with Crippen molar-refractivity contribution in [2.24, 2.45) is 4.99 Å². The molecular formula is C23H25N3O2S. The van der Waals surface area contributed by atoms with E-state index in [0.717, 1.165) is 29.3 Å². The van der Waals surface area contributed by atoms with Crippen LogP contribution in [-0.4, -0.2) is 27.0 Å². The van der Waals surface area contributed by atoms with Gasteiger partial charge in [0.15, 0.2) is 5.82 Å². The van der Waals surface area contributed by atoms with Gasteiger partial charge in [0.05, 0.1) is 27.5 Å². The van der Waals surface area contributed by atoms with E-state index < -0.39 is 0 Å². The summed E-state index contributed by atoms with van der Waals surface area (Å²) in [7, 11) is 0. The number of rotatable bonds is 2. The molecule has 29 heavy (non-hydrogen) atoms. The van der Waals surface area contributed by atoms with Gasteiger partial charge in [0.2, 0.25) is 0 Å². The van der Waals surface area contributed by atoms with Gasteiger partial charge in [-0.1, -0.05) is 54.2 Å². The number of nitrogens with one attached hydrogen (secondary N) is 1. The van der Waals surface area contributed by atoms with Gasteiger partial charge in [-0.05, 0) is 49.9 Å². The van der Waals surface area contributed by atoms with E-state index >= 15 is 0 Å². The standard InChI is InChI=1S/C23H25N3O2S/c1-14-24-21-19(22(27)25-26(21)16-11-12-28-23(2,3)13-16)20(29-14)18-10-6-8-15-7-4-5-9-17(15)18/h4-10,16,20H,11-13H2,1-3H3,(H,25,27)/t16-,20-/m1/s1. The van der Waals surface area contributed by atoms with E-state index in [-0.39, 0.29) is 22.5 Å². The van der Waals surface area contributed by atoms with Gasteiger partial charge in [-0.3, -0.25) is 14.6 Å². The predicted molar refractivity (Wildman–Crippen MR) is 120 cm³/mol.